The van der Waals surface area contributed by atoms with Crippen LogP contribution in [0.1, 0.15) is 37.9 Å². The third-order valence-corrected chi connectivity index (χ3v) is 5.58. The summed E-state index contributed by atoms with van der Waals surface area (Å²) < 4.78 is 0. The largest absolute Gasteiger partial charge is 0.387 e. The predicted octanol–water partition coefficient (Wildman–Crippen LogP) is 3.98. The van der Waals surface area contributed by atoms with Crippen molar-refractivity contribution in [1.82, 2.24) is 4.90 Å². The molecular weight excluding hydrogens is 290 g/mol. The third kappa shape index (κ3) is 4.39. The van der Waals surface area contributed by atoms with E-state index in [1.807, 2.05) is 24.3 Å². The van der Waals surface area contributed by atoms with Gasteiger partial charge < -0.3 is 10.0 Å². The van der Waals surface area contributed by atoms with E-state index in [1.165, 1.54) is 25.0 Å². The van der Waals surface area contributed by atoms with Crippen molar-refractivity contribution in [1.29, 1.82) is 0 Å². The van der Waals surface area contributed by atoms with Gasteiger partial charge in [-0.1, -0.05) is 30.7 Å². The number of hydrogen-bond donors (Lipinski definition) is 1. The van der Waals surface area contributed by atoms with E-state index in [2.05, 4.69) is 30.6 Å². The first-order chi connectivity index (χ1) is 9.60. The maximum atomic E-state index is 10.3. The van der Waals surface area contributed by atoms with Gasteiger partial charge in [-0.3, -0.25) is 0 Å². The summed E-state index contributed by atoms with van der Waals surface area (Å²) in [7, 11) is 2.13. The Morgan fingerprint density at radius 1 is 1.35 bits per heavy atom. The lowest BCUT2D eigenvalue weighted by Crippen LogP contribution is -2.33. The van der Waals surface area contributed by atoms with Crippen molar-refractivity contribution < 1.29 is 5.11 Å². The summed E-state index contributed by atoms with van der Waals surface area (Å²) in [6.07, 6.45) is 3.38. The fourth-order valence-electron chi connectivity index (χ4n) is 2.92. The van der Waals surface area contributed by atoms with Gasteiger partial charge in [0.25, 0.3) is 0 Å². The number of likely N-dealkylation sites (N-methyl/N-ethyl adjacent to an activating group) is 1. The van der Waals surface area contributed by atoms with Gasteiger partial charge in [0.15, 0.2) is 0 Å². The van der Waals surface area contributed by atoms with Gasteiger partial charge in [-0.05, 0) is 49.8 Å². The minimum Gasteiger partial charge on any atom is -0.387 e. The number of hydrogen-bond acceptors (Lipinski definition) is 3. The molecular formula is C16H24ClNOS. The van der Waals surface area contributed by atoms with E-state index in [1.54, 1.807) is 0 Å². The molecule has 1 fully saturated rings. The Hall–Kier alpha value is -0.220. The first kappa shape index (κ1) is 16.2. The van der Waals surface area contributed by atoms with E-state index in [9.17, 15) is 5.11 Å². The highest BCUT2D eigenvalue weighted by Crippen LogP contribution is 2.32. The van der Waals surface area contributed by atoms with Gasteiger partial charge in [0.05, 0.1) is 6.10 Å². The molecule has 0 radical (unpaired) electrons. The first-order valence-electron chi connectivity index (χ1n) is 7.35. The van der Waals surface area contributed by atoms with Gasteiger partial charge in [0.1, 0.15) is 0 Å². The van der Waals surface area contributed by atoms with Crippen LogP contribution >= 0.6 is 23.4 Å². The number of thioether (sulfide) groups is 1. The molecule has 0 bridgehead atoms. The molecule has 0 aliphatic heterocycles. The standard InChI is InChI=1S/C16H24ClNOS/c1-3-20-15-9-8-14(10-15)18(2)11-16(19)12-4-6-13(17)7-5-12/h4-7,14-16,19H,3,8-11H2,1-2H3/t14-,15+,16+/m1/s1. The Balaban J connectivity index is 1.85. The molecule has 0 spiro atoms. The fraction of sp³-hybridized carbons (Fsp3) is 0.625. The van der Waals surface area contributed by atoms with E-state index >= 15 is 0 Å². The number of aliphatic hydroxyl groups is 1. The van der Waals surface area contributed by atoms with Gasteiger partial charge in [-0.15, -0.1) is 0 Å². The summed E-state index contributed by atoms with van der Waals surface area (Å²) in [6, 6.07) is 8.10. The van der Waals surface area contributed by atoms with Crippen molar-refractivity contribution >= 4 is 23.4 Å². The molecule has 112 valence electrons. The van der Waals surface area contributed by atoms with Gasteiger partial charge >= 0.3 is 0 Å². The average Bonchev–Trinajstić information content (AvgIpc) is 2.88. The van der Waals surface area contributed by atoms with Gasteiger partial charge in [0, 0.05) is 22.9 Å². The summed E-state index contributed by atoms with van der Waals surface area (Å²) in [5.41, 5.74) is 0.943. The summed E-state index contributed by atoms with van der Waals surface area (Å²) in [5, 5.41) is 11.8. The number of nitrogens with zero attached hydrogens (tertiary/aromatic N) is 1. The highest BCUT2D eigenvalue weighted by Gasteiger charge is 2.28. The van der Waals surface area contributed by atoms with Crippen LogP contribution in [0.2, 0.25) is 5.02 Å². The monoisotopic (exact) mass is 313 g/mol. The molecule has 0 aromatic heterocycles. The minimum atomic E-state index is -0.435. The van der Waals surface area contributed by atoms with E-state index < -0.39 is 6.10 Å². The van der Waals surface area contributed by atoms with Crippen molar-refractivity contribution in [2.45, 2.75) is 43.6 Å². The van der Waals surface area contributed by atoms with Crippen LogP contribution in [0.3, 0.4) is 0 Å². The van der Waals surface area contributed by atoms with Gasteiger partial charge in [-0.25, -0.2) is 0 Å². The van der Waals surface area contributed by atoms with Crippen LogP contribution in [0.5, 0.6) is 0 Å². The van der Waals surface area contributed by atoms with Crippen molar-refractivity contribution in [2.24, 2.45) is 0 Å². The van der Waals surface area contributed by atoms with Crippen LogP contribution in [-0.4, -0.2) is 40.6 Å². The highest BCUT2D eigenvalue weighted by atomic mass is 35.5. The molecule has 2 nitrogen and oxygen atoms in total. The van der Waals surface area contributed by atoms with Gasteiger partial charge in [0.2, 0.25) is 0 Å². The molecule has 0 unspecified atom stereocenters. The normalized spacial score (nSPS) is 24.2. The van der Waals surface area contributed by atoms with Crippen LogP contribution < -0.4 is 0 Å². The molecule has 3 atom stereocenters. The van der Waals surface area contributed by atoms with E-state index in [0.717, 1.165) is 10.8 Å². The Labute approximate surface area is 131 Å². The molecule has 0 heterocycles. The van der Waals surface area contributed by atoms with E-state index in [4.69, 9.17) is 11.6 Å². The fourth-order valence-corrected chi connectivity index (χ4v) is 4.18. The average molecular weight is 314 g/mol. The molecule has 1 N–H and O–H groups in total. The molecule has 1 aromatic carbocycles. The smallest absolute Gasteiger partial charge is 0.0916 e. The maximum Gasteiger partial charge on any atom is 0.0916 e. The molecule has 20 heavy (non-hydrogen) atoms. The Bertz CT molecular complexity index is 411. The molecule has 1 aliphatic rings. The molecule has 1 aromatic rings. The number of halogens is 1. The van der Waals surface area contributed by atoms with Crippen LogP contribution in [0.4, 0.5) is 0 Å². The first-order valence-corrected chi connectivity index (χ1v) is 8.78. The summed E-state index contributed by atoms with van der Waals surface area (Å²) in [5.74, 6) is 1.20. The minimum absolute atomic E-state index is 0.435. The molecule has 0 saturated heterocycles. The predicted molar refractivity (Wildman–Crippen MR) is 88.6 cm³/mol. The molecule has 0 amide bonds. The summed E-state index contributed by atoms with van der Waals surface area (Å²) >= 11 is 7.95. The zero-order valence-electron chi connectivity index (χ0n) is 12.3. The lowest BCUT2D eigenvalue weighted by Gasteiger charge is -2.27. The second-order valence-corrected chi connectivity index (χ2v) is 7.56. The summed E-state index contributed by atoms with van der Waals surface area (Å²) in [6.45, 7) is 2.92. The Morgan fingerprint density at radius 2 is 2.05 bits per heavy atom. The van der Waals surface area contributed by atoms with Crippen molar-refractivity contribution in [3.63, 3.8) is 0 Å². The van der Waals surface area contributed by atoms with Crippen LogP contribution in [0.25, 0.3) is 0 Å². The Kier molecular flexibility index (Phi) is 6.21. The number of aliphatic hydroxyl groups excluding tert-OH is 1. The molecule has 4 heteroatoms. The van der Waals surface area contributed by atoms with E-state index in [-0.39, 0.29) is 0 Å². The molecule has 2 rings (SSSR count). The van der Waals surface area contributed by atoms with Crippen LogP contribution in [0, 0.1) is 0 Å². The van der Waals surface area contributed by atoms with Gasteiger partial charge in [-0.2, -0.15) is 11.8 Å². The van der Waals surface area contributed by atoms with Crippen LogP contribution in [-0.2, 0) is 0 Å². The number of rotatable bonds is 6. The third-order valence-electron chi connectivity index (χ3n) is 4.10. The van der Waals surface area contributed by atoms with E-state index in [0.29, 0.717) is 17.6 Å². The van der Waals surface area contributed by atoms with Crippen LogP contribution in [0.15, 0.2) is 24.3 Å². The molecule has 1 aliphatic carbocycles. The second-order valence-electron chi connectivity index (χ2n) is 5.55. The second kappa shape index (κ2) is 7.69. The van der Waals surface area contributed by atoms with Crippen molar-refractivity contribution in [2.75, 3.05) is 19.3 Å². The SMILES string of the molecule is CCS[C@H]1CC[C@@H](N(C)C[C@H](O)c2ccc(Cl)cc2)C1. The Morgan fingerprint density at radius 3 is 2.70 bits per heavy atom. The summed E-state index contributed by atoms with van der Waals surface area (Å²) in [4.78, 5) is 2.31. The van der Waals surface area contributed by atoms with Crippen molar-refractivity contribution in [3.8, 4) is 0 Å². The number of benzene rings is 1. The topological polar surface area (TPSA) is 23.5 Å². The lowest BCUT2D eigenvalue weighted by atomic mass is 10.1. The lowest BCUT2D eigenvalue weighted by molar-refractivity contribution is 0.105. The zero-order valence-corrected chi connectivity index (χ0v) is 13.8. The van der Waals surface area contributed by atoms with Crippen molar-refractivity contribution in [3.05, 3.63) is 34.9 Å². The quantitative estimate of drug-likeness (QED) is 0.859. The maximum absolute atomic E-state index is 10.3. The molecule has 1 saturated carbocycles. The highest BCUT2D eigenvalue weighted by molar-refractivity contribution is 7.99. The zero-order chi connectivity index (χ0) is 14.5.